The number of hydrogen-bond acceptors (Lipinski definition) is 5. The zero-order valence-electron chi connectivity index (χ0n) is 18.0. The number of hydrogen-bond donors (Lipinski definition) is 2. The smallest absolute Gasteiger partial charge is 0.191 e. The summed E-state index contributed by atoms with van der Waals surface area (Å²) in [7, 11) is 1.64. The maximum atomic E-state index is 5.96. The summed E-state index contributed by atoms with van der Waals surface area (Å²) in [6.45, 7) is 5.95. The zero-order valence-corrected chi connectivity index (χ0v) is 20.3. The number of nitrogens with zero attached hydrogens (tertiary/aromatic N) is 4. The average Bonchev–Trinajstić information content (AvgIpc) is 3.31. The lowest BCUT2D eigenvalue weighted by Gasteiger charge is -2.18. The first-order valence-electron chi connectivity index (χ1n) is 9.95. The van der Waals surface area contributed by atoms with Gasteiger partial charge in [-0.1, -0.05) is 6.07 Å². The van der Waals surface area contributed by atoms with Crippen LogP contribution in [-0.4, -0.2) is 47.0 Å². The molecular weight excluding hydrogens is 507 g/mol. The highest BCUT2D eigenvalue weighted by atomic mass is 127. The Labute approximate surface area is 200 Å². The minimum absolute atomic E-state index is 0. The van der Waals surface area contributed by atoms with E-state index in [9.17, 15) is 0 Å². The monoisotopic (exact) mass is 536 g/mol. The summed E-state index contributed by atoms with van der Waals surface area (Å²) in [5.41, 5.74) is 1.05. The fourth-order valence-electron chi connectivity index (χ4n) is 2.79. The van der Waals surface area contributed by atoms with Gasteiger partial charge in [-0.25, -0.2) is 14.7 Å². The number of benzene rings is 1. The van der Waals surface area contributed by atoms with Gasteiger partial charge in [-0.15, -0.1) is 24.0 Å². The third-order valence-corrected chi connectivity index (χ3v) is 4.25. The average molecular weight is 536 g/mol. The molecule has 0 radical (unpaired) electrons. The summed E-state index contributed by atoms with van der Waals surface area (Å²) >= 11 is 0. The summed E-state index contributed by atoms with van der Waals surface area (Å²) in [5.74, 6) is 3.05. The van der Waals surface area contributed by atoms with Gasteiger partial charge in [0.1, 0.15) is 17.6 Å². The van der Waals surface area contributed by atoms with Crippen molar-refractivity contribution in [1.82, 2.24) is 25.4 Å². The van der Waals surface area contributed by atoms with Crippen molar-refractivity contribution in [3.8, 4) is 17.3 Å². The highest BCUT2D eigenvalue weighted by Gasteiger charge is 2.07. The Morgan fingerprint density at radius 3 is 2.71 bits per heavy atom. The summed E-state index contributed by atoms with van der Waals surface area (Å²) in [5, 5.41) is 10.8. The standard InChI is InChI=1S/C22H28N6O2.HI/c1-4-23-22(25-15-17(2)30-20-8-5-7-19(14-20)29-3)26-16-18-9-11-24-21(13-18)28-12-6-10-27-28;/h5-14,17H,4,15-16H2,1-3H3,(H2,23,25,26);1H. The van der Waals surface area contributed by atoms with Gasteiger partial charge in [-0.3, -0.25) is 0 Å². The molecule has 0 saturated carbocycles. The molecule has 8 nitrogen and oxygen atoms in total. The number of aromatic nitrogens is 3. The summed E-state index contributed by atoms with van der Waals surface area (Å²) in [4.78, 5) is 9.03. The Hall–Kier alpha value is -2.82. The fraction of sp³-hybridized carbons (Fsp3) is 0.318. The van der Waals surface area contributed by atoms with Crippen LogP contribution in [0.2, 0.25) is 0 Å². The van der Waals surface area contributed by atoms with E-state index in [2.05, 4.69) is 25.7 Å². The molecule has 1 unspecified atom stereocenters. The molecule has 0 aliphatic rings. The molecule has 0 aliphatic carbocycles. The van der Waals surface area contributed by atoms with Gasteiger partial charge in [-0.05, 0) is 49.7 Å². The van der Waals surface area contributed by atoms with Gasteiger partial charge in [0.05, 0.1) is 20.2 Å². The van der Waals surface area contributed by atoms with Gasteiger partial charge in [0.25, 0.3) is 0 Å². The predicted molar refractivity (Wildman–Crippen MR) is 133 cm³/mol. The Morgan fingerprint density at radius 1 is 1.13 bits per heavy atom. The van der Waals surface area contributed by atoms with Crippen LogP contribution in [0, 0.1) is 0 Å². The SMILES string of the molecule is CCNC(=NCc1ccnc(-n2cccn2)c1)NCC(C)Oc1cccc(OC)c1.I. The summed E-state index contributed by atoms with van der Waals surface area (Å²) in [6.07, 6.45) is 5.32. The molecule has 2 heterocycles. The van der Waals surface area contributed by atoms with E-state index < -0.39 is 0 Å². The van der Waals surface area contributed by atoms with Crippen LogP contribution in [0.15, 0.2) is 66.0 Å². The molecule has 166 valence electrons. The van der Waals surface area contributed by atoms with Crippen molar-refractivity contribution >= 4 is 29.9 Å². The van der Waals surface area contributed by atoms with Gasteiger partial charge in [-0.2, -0.15) is 5.10 Å². The molecule has 0 bridgehead atoms. The van der Waals surface area contributed by atoms with E-state index in [4.69, 9.17) is 9.47 Å². The molecule has 0 saturated heterocycles. The summed E-state index contributed by atoms with van der Waals surface area (Å²) in [6, 6.07) is 13.4. The quantitative estimate of drug-likeness (QED) is 0.248. The minimum Gasteiger partial charge on any atom is -0.497 e. The molecule has 0 aliphatic heterocycles. The molecule has 2 aromatic heterocycles. The Kier molecular flexibility index (Phi) is 10.1. The molecular formula is C22H29IN6O2. The third kappa shape index (κ3) is 7.74. The van der Waals surface area contributed by atoms with E-state index in [1.54, 1.807) is 24.2 Å². The van der Waals surface area contributed by atoms with Crippen LogP contribution in [0.1, 0.15) is 19.4 Å². The van der Waals surface area contributed by atoms with Crippen molar-refractivity contribution in [3.05, 3.63) is 66.6 Å². The number of rotatable bonds is 9. The first kappa shape index (κ1) is 24.4. The Balaban J connectivity index is 0.00000341. The Bertz CT molecular complexity index is 949. The maximum absolute atomic E-state index is 5.96. The van der Waals surface area contributed by atoms with Crippen LogP contribution in [0.3, 0.4) is 0 Å². The van der Waals surface area contributed by atoms with Crippen molar-refractivity contribution in [2.75, 3.05) is 20.2 Å². The lowest BCUT2D eigenvalue weighted by atomic mass is 10.2. The van der Waals surface area contributed by atoms with Gasteiger partial charge in [0.2, 0.25) is 0 Å². The van der Waals surface area contributed by atoms with Crippen LogP contribution < -0.4 is 20.1 Å². The van der Waals surface area contributed by atoms with Crippen molar-refractivity contribution in [2.24, 2.45) is 4.99 Å². The zero-order chi connectivity index (χ0) is 21.2. The van der Waals surface area contributed by atoms with Crippen LogP contribution in [0.25, 0.3) is 5.82 Å². The predicted octanol–water partition coefficient (Wildman–Crippen LogP) is 3.42. The van der Waals surface area contributed by atoms with E-state index in [1.165, 1.54) is 0 Å². The first-order chi connectivity index (χ1) is 14.7. The van der Waals surface area contributed by atoms with Crippen LogP contribution >= 0.6 is 24.0 Å². The molecule has 3 rings (SSSR count). The summed E-state index contributed by atoms with van der Waals surface area (Å²) < 4.78 is 12.9. The highest BCUT2D eigenvalue weighted by Crippen LogP contribution is 2.19. The van der Waals surface area contributed by atoms with Crippen LogP contribution in [-0.2, 0) is 6.54 Å². The number of ether oxygens (including phenoxy) is 2. The molecule has 0 fully saturated rings. The van der Waals surface area contributed by atoms with Crippen molar-refractivity contribution in [2.45, 2.75) is 26.5 Å². The minimum atomic E-state index is -0.0479. The van der Waals surface area contributed by atoms with Crippen molar-refractivity contribution in [3.63, 3.8) is 0 Å². The number of methoxy groups -OCH3 is 1. The number of aliphatic imine (C=N–C) groups is 1. The van der Waals surface area contributed by atoms with Crippen molar-refractivity contribution in [1.29, 1.82) is 0 Å². The third-order valence-electron chi connectivity index (χ3n) is 4.25. The number of halogens is 1. The van der Waals surface area contributed by atoms with Gasteiger partial charge < -0.3 is 20.1 Å². The molecule has 2 N–H and O–H groups in total. The molecule has 3 aromatic rings. The second-order valence-corrected chi connectivity index (χ2v) is 6.66. The van der Waals surface area contributed by atoms with E-state index in [-0.39, 0.29) is 30.1 Å². The normalized spacial score (nSPS) is 11.9. The Morgan fingerprint density at radius 2 is 1.97 bits per heavy atom. The van der Waals surface area contributed by atoms with E-state index in [1.807, 2.05) is 62.5 Å². The van der Waals surface area contributed by atoms with Gasteiger partial charge >= 0.3 is 0 Å². The van der Waals surface area contributed by atoms with Crippen LogP contribution in [0.4, 0.5) is 0 Å². The largest absolute Gasteiger partial charge is 0.497 e. The van der Waals surface area contributed by atoms with Gasteiger partial charge in [0.15, 0.2) is 11.8 Å². The first-order valence-corrected chi connectivity index (χ1v) is 9.95. The molecule has 1 atom stereocenters. The molecule has 0 spiro atoms. The van der Waals surface area contributed by atoms with E-state index in [0.717, 1.165) is 35.4 Å². The molecule has 31 heavy (non-hydrogen) atoms. The second-order valence-electron chi connectivity index (χ2n) is 6.66. The number of pyridine rings is 1. The molecule has 0 amide bonds. The topological polar surface area (TPSA) is 85.6 Å². The van der Waals surface area contributed by atoms with Crippen molar-refractivity contribution < 1.29 is 9.47 Å². The number of nitrogens with one attached hydrogen (secondary N) is 2. The fourth-order valence-corrected chi connectivity index (χ4v) is 2.79. The molecule has 9 heteroatoms. The van der Waals surface area contributed by atoms with E-state index in [0.29, 0.717) is 13.1 Å². The van der Waals surface area contributed by atoms with Gasteiger partial charge in [0, 0.05) is 31.2 Å². The number of guanidine groups is 1. The molecule has 1 aromatic carbocycles. The lowest BCUT2D eigenvalue weighted by molar-refractivity contribution is 0.223. The highest BCUT2D eigenvalue weighted by molar-refractivity contribution is 14.0. The maximum Gasteiger partial charge on any atom is 0.191 e. The van der Waals surface area contributed by atoms with E-state index >= 15 is 0 Å². The second kappa shape index (κ2) is 12.8. The lowest BCUT2D eigenvalue weighted by Crippen LogP contribution is -2.41. The van der Waals surface area contributed by atoms with Crippen LogP contribution in [0.5, 0.6) is 11.5 Å².